The number of hydrogen-bond acceptors (Lipinski definition) is 6. The molecular weight excluding hydrogens is 456 g/mol. The van der Waals surface area contributed by atoms with Crippen LogP contribution in [0.25, 0.3) is 0 Å². The van der Waals surface area contributed by atoms with E-state index >= 15 is 0 Å². The fraction of sp³-hybridized carbons (Fsp3) is 0.900. The zero-order chi connectivity index (χ0) is 27.3. The first-order chi connectivity index (χ1) is 16.2. The molecule has 4 aliphatic rings. The molecule has 0 bridgehead atoms. The van der Waals surface area contributed by atoms with E-state index in [0.29, 0.717) is 12.8 Å². The number of Topliss-reactive ketones (excluding diaryl/α,β-unsaturated/α-hetero) is 1. The summed E-state index contributed by atoms with van der Waals surface area (Å²) in [6.45, 7) is 15.7. The normalized spacial score (nSPS) is 47.8. The van der Waals surface area contributed by atoms with Crippen molar-refractivity contribution in [2.24, 2.45) is 39.4 Å². The molecule has 6 heteroatoms. The summed E-state index contributed by atoms with van der Waals surface area (Å²) in [6.07, 6.45) is 3.80. The van der Waals surface area contributed by atoms with Gasteiger partial charge in [0.05, 0.1) is 23.9 Å². The van der Waals surface area contributed by atoms with E-state index in [1.165, 1.54) is 5.57 Å². The predicted octanol–water partition coefficient (Wildman–Crippen LogP) is 3.77. The van der Waals surface area contributed by atoms with E-state index in [1.807, 2.05) is 13.8 Å². The highest BCUT2D eigenvalue weighted by atomic mass is 16.3. The fourth-order valence-electron chi connectivity index (χ4n) is 9.64. The number of aliphatic hydroxyl groups excluding tert-OH is 3. The molecule has 0 aliphatic heterocycles. The highest BCUT2D eigenvalue weighted by Crippen LogP contribution is 2.75. The third kappa shape index (κ3) is 3.80. The fourth-order valence-corrected chi connectivity index (χ4v) is 9.64. The maximum absolute atomic E-state index is 13.3. The average Bonchev–Trinajstić information content (AvgIpc) is 2.96. The van der Waals surface area contributed by atoms with Crippen LogP contribution in [0.5, 0.6) is 0 Å². The van der Waals surface area contributed by atoms with E-state index in [9.17, 15) is 30.3 Å². The predicted molar refractivity (Wildman–Crippen MR) is 139 cm³/mol. The lowest BCUT2D eigenvalue weighted by Crippen LogP contribution is -2.62. The van der Waals surface area contributed by atoms with Crippen molar-refractivity contribution in [1.29, 1.82) is 0 Å². The van der Waals surface area contributed by atoms with Gasteiger partial charge in [0.15, 0.2) is 5.78 Å². The second kappa shape index (κ2) is 8.35. The van der Waals surface area contributed by atoms with Gasteiger partial charge in [-0.2, -0.15) is 0 Å². The smallest absolute Gasteiger partial charge is 0.164 e. The van der Waals surface area contributed by atoms with Crippen molar-refractivity contribution in [3.8, 4) is 0 Å². The number of rotatable bonds is 5. The molecule has 2 unspecified atom stereocenters. The zero-order valence-corrected chi connectivity index (χ0v) is 23.6. The molecule has 10 atom stereocenters. The van der Waals surface area contributed by atoms with Crippen LogP contribution in [0.3, 0.4) is 0 Å². The highest BCUT2D eigenvalue weighted by molar-refractivity contribution is 5.87. The van der Waals surface area contributed by atoms with E-state index in [1.54, 1.807) is 20.8 Å². The average molecular weight is 507 g/mol. The second-order valence-corrected chi connectivity index (χ2v) is 14.9. The lowest BCUT2D eigenvalue weighted by molar-refractivity contribution is -0.182. The second-order valence-electron chi connectivity index (χ2n) is 14.9. The van der Waals surface area contributed by atoms with Gasteiger partial charge in [-0.3, -0.25) is 4.79 Å². The maximum Gasteiger partial charge on any atom is 0.164 e. The first-order valence-corrected chi connectivity index (χ1v) is 14.0. The van der Waals surface area contributed by atoms with Crippen molar-refractivity contribution in [3.63, 3.8) is 0 Å². The third-order valence-electron chi connectivity index (χ3n) is 12.0. The molecule has 0 radical (unpaired) electrons. The first-order valence-electron chi connectivity index (χ1n) is 14.0. The highest BCUT2D eigenvalue weighted by Gasteiger charge is 2.72. The molecule has 0 heterocycles. The molecule has 0 spiro atoms. The van der Waals surface area contributed by atoms with E-state index in [4.69, 9.17) is 0 Å². The SMILES string of the molecule is CC(C)(O)CCC(=O)[C@](C)(O)C1[C@H](O)C[C@@]2(C)C3CC=C4[C@H](C[C@H](O)[C@H](O)C4(C)C)[C@]3(C)CC[C@]12C. The lowest BCUT2D eigenvalue weighted by Gasteiger charge is -2.66. The molecule has 4 aliphatic carbocycles. The van der Waals surface area contributed by atoms with E-state index in [2.05, 4.69) is 26.8 Å². The number of allylic oxidation sites excluding steroid dienone is 1. The number of carbonyl (C=O) groups excluding carboxylic acids is 1. The van der Waals surface area contributed by atoms with Crippen LogP contribution < -0.4 is 0 Å². The molecule has 0 aromatic rings. The van der Waals surface area contributed by atoms with Crippen LogP contribution in [0.15, 0.2) is 11.6 Å². The first kappa shape index (κ1) is 28.2. The Morgan fingerprint density at radius 2 is 1.58 bits per heavy atom. The Kier molecular flexibility index (Phi) is 6.55. The minimum absolute atomic E-state index is 0.0666. The summed E-state index contributed by atoms with van der Waals surface area (Å²) < 4.78 is 0. The summed E-state index contributed by atoms with van der Waals surface area (Å²) in [6, 6.07) is 0. The molecular formula is C30H50O6. The molecule has 4 rings (SSSR count). The Balaban J connectivity index is 1.71. The quantitative estimate of drug-likeness (QED) is 0.362. The van der Waals surface area contributed by atoms with Gasteiger partial charge in [0.2, 0.25) is 0 Å². The summed E-state index contributed by atoms with van der Waals surface area (Å²) in [5.74, 6) is -0.535. The summed E-state index contributed by atoms with van der Waals surface area (Å²) in [5, 5.41) is 54.9. The summed E-state index contributed by atoms with van der Waals surface area (Å²) in [7, 11) is 0. The van der Waals surface area contributed by atoms with Crippen molar-refractivity contribution >= 4 is 5.78 Å². The lowest BCUT2D eigenvalue weighted by atomic mass is 9.38. The van der Waals surface area contributed by atoms with Gasteiger partial charge in [0, 0.05) is 17.8 Å². The minimum atomic E-state index is -1.69. The molecule has 5 N–H and O–H groups in total. The van der Waals surface area contributed by atoms with Gasteiger partial charge in [-0.15, -0.1) is 0 Å². The minimum Gasteiger partial charge on any atom is -0.393 e. The molecule has 3 saturated carbocycles. The molecule has 0 aromatic carbocycles. The Morgan fingerprint density at radius 3 is 2.17 bits per heavy atom. The van der Waals surface area contributed by atoms with E-state index in [0.717, 1.165) is 19.3 Å². The number of fused-ring (bicyclic) bond motifs is 5. The Hall–Kier alpha value is -0.790. The number of hydrogen-bond donors (Lipinski definition) is 5. The maximum atomic E-state index is 13.3. The Morgan fingerprint density at radius 1 is 0.972 bits per heavy atom. The van der Waals surface area contributed by atoms with Crippen LogP contribution in [0, 0.1) is 39.4 Å². The number of carbonyl (C=O) groups is 1. The summed E-state index contributed by atoms with van der Waals surface area (Å²) in [5.41, 5.74) is -2.79. The van der Waals surface area contributed by atoms with Crippen LogP contribution in [-0.4, -0.2) is 60.8 Å². The van der Waals surface area contributed by atoms with Crippen molar-refractivity contribution in [2.45, 2.75) is 130 Å². The van der Waals surface area contributed by atoms with Crippen molar-refractivity contribution < 1.29 is 30.3 Å². The Bertz CT molecular complexity index is 930. The Labute approximate surface area is 217 Å². The van der Waals surface area contributed by atoms with Crippen molar-refractivity contribution in [2.75, 3.05) is 0 Å². The monoisotopic (exact) mass is 506 g/mol. The van der Waals surface area contributed by atoms with Crippen LogP contribution >= 0.6 is 0 Å². The summed E-state index contributed by atoms with van der Waals surface area (Å²) >= 11 is 0. The van der Waals surface area contributed by atoms with Gasteiger partial charge in [0.25, 0.3) is 0 Å². The van der Waals surface area contributed by atoms with Crippen LogP contribution in [-0.2, 0) is 4.79 Å². The van der Waals surface area contributed by atoms with E-state index < -0.39 is 46.3 Å². The molecule has 206 valence electrons. The number of ketones is 1. The number of aliphatic hydroxyl groups is 5. The van der Waals surface area contributed by atoms with Crippen molar-refractivity contribution in [3.05, 3.63) is 11.6 Å². The largest absolute Gasteiger partial charge is 0.393 e. The van der Waals surface area contributed by atoms with Gasteiger partial charge >= 0.3 is 0 Å². The van der Waals surface area contributed by atoms with Crippen molar-refractivity contribution in [1.82, 2.24) is 0 Å². The van der Waals surface area contributed by atoms with Gasteiger partial charge in [-0.1, -0.05) is 46.3 Å². The molecule has 0 saturated heterocycles. The molecule has 3 fully saturated rings. The van der Waals surface area contributed by atoms with Gasteiger partial charge in [0.1, 0.15) is 5.60 Å². The molecule has 0 aromatic heterocycles. The van der Waals surface area contributed by atoms with Crippen LogP contribution in [0.4, 0.5) is 0 Å². The standard InChI is InChI=1S/C30H50O6/c1-25(2,35)12-11-22(33)30(8,36)23-20(32)16-29(7)21-10-9-17-18(15-19(31)24(34)26(17,3)4)27(21,5)13-14-28(23,29)6/h9,18-21,23-24,31-32,34-36H,10-16H2,1-8H3/t18-,19-,20+,21?,23?,24-,27-,28+,29-,30-/m0/s1. The topological polar surface area (TPSA) is 118 Å². The third-order valence-corrected chi connectivity index (χ3v) is 12.0. The van der Waals surface area contributed by atoms with Gasteiger partial charge < -0.3 is 25.5 Å². The van der Waals surface area contributed by atoms with Gasteiger partial charge in [-0.05, 0) is 87.4 Å². The molecule has 0 amide bonds. The van der Waals surface area contributed by atoms with E-state index in [-0.39, 0.29) is 41.3 Å². The summed E-state index contributed by atoms with van der Waals surface area (Å²) in [4.78, 5) is 13.3. The van der Waals surface area contributed by atoms with Gasteiger partial charge in [-0.25, -0.2) is 0 Å². The molecule has 6 nitrogen and oxygen atoms in total. The van der Waals surface area contributed by atoms with Crippen LogP contribution in [0.1, 0.15) is 100 Å². The zero-order valence-electron chi connectivity index (χ0n) is 23.6. The molecule has 36 heavy (non-hydrogen) atoms. The van der Waals surface area contributed by atoms with Crippen LogP contribution in [0.2, 0.25) is 0 Å².